The summed E-state index contributed by atoms with van der Waals surface area (Å²) in [6, 6.07) is 9.60. The second-order valence-corrected chi connectivity index (χ2v) is 7.58. The third-order valence-corrected chi connectivity index (χ3v) is 5.47. The van der Waals surface area contributed by atoms with E-state index in [2.05, 4.69) is 0 Å². The van der Waals surface area contributed by atoms with Crippen molar-refractivity contribution in [2.45, 2.75) is 26.3 Å². The molecule has 1 atom stereocenters. The number of phenolic OH excluding ortho intramolecular Hbond substituents is 1. The van der Waals surface area contributed by atoms with Gasteiger partial charge in [-0.25, -0.2) is 0 Å². The van der Waals surface area contributed by atoms with Gasteiger partial charge >= 0.3 is 0 Å². The quantitative estimate of drug-likeness (QED) is 0.582. The van der Waals surface area contributed by atoms with E-state index in [9.17, 15) is 14.7 Å². The zero-order valence-electron chi connectivity index (χ0n) is 17.8. The van der Waals surface area contributed by atoms with Crippen molar-refractivity contribution in [1.82, 2.24) is 4.90 Å². The second-order valence-electron chi connectivity index (χ2n) is 7.58. The van der Waals surface area contributed by atoms with Crippen LogP contribution < -0.4 is 10.2 Å². The number of nitrogens with zero attached hydrogens (tertiary/aromatic N) is 1. The fraction of sp³-hybridized carbons (Fsp3) is 0.333. The Morgan fingerprint density at radius 1 is 1.16 bits per heavy atom. The molecule has 3 aromatic rings. The molecule has 1 aromatic heterocycles. The molecule has 0 fully saturated rings. The Morgan fingerprint density at radius 2 is 1.97 bits per heavy atom. The smallest absolute Gasteiger partial charge is 0.290 e. The molecule has 2 aromatic carbocycles. The molecule has 7 nitrogen and oxygen atoms in total. The van der Waals surface area contributed by atoms with Crippen LogP contribution in [0, 0.1) is 6.92 Å². The molecule has 7 heteroatoms. The summed E-state index contributed by atoms with van der Waals surface area (Å²) in [6.45, 7) is 4.97. The lowest BCUT2D eigenvalue weighted by molar-refractivity contribution is 0.0707. The van der Waals surface area contributed by atoms with E-state index >= 15 is 0 Å². The lowest BCUT2D eigenvalue weighted by atomic mass is 9.97. The van der Waals surface area contributed by atoms with Gasteiger partial charge in [-0.3, -0.25) is 9.59 Å². The van der Waals surface area contributed by atoms with Gasteiger partial charge in [0.2, 0.25) is 5.76 Å². The van der Waals surface area contributed by atoms with Crippen LogP contribution in [-0.2, 0) is 4.74 Å². The van der Waals surface area contributed by atoms with E-state index in [-0.39, 0.29) is 22.8 Å². The first-order valence-corrected chi connectivity index (χ1v) is 10.3. The van der Waals surface area contributed by atoms with E-state index in [0.717, 1.165) is 5.56 Å². The fourth-order valence-corrected chi connectivity index (χ4v) is 4.06. The number of hydrogen-bond acceptors (Lipinski definition) is 6. The first kappa shape index (κ1) is 20.9. The van der Waals surface area contributed by atoms with Gasteiger partial charge in [0.15, 0.2) is 16.9 Å². The number of ether oxygens (including phenoxy) is 2. The van der Waals surface area contributed by atoms with Gasteiger partial charge in [0, 0.05) is 20.3 Å². The van der Waals surface area contributed by atoms with Gasteiger partial charge in [-0.1, -0.05) is 17.7 Å². The Balaban J connectivity index is 1.92. The maximum Gasteiger partial charge on any atom is 0.290 e. The molecule has 0 saturated carbocycles. The van der Waals surface area contributed by atoms with Crippen molar-refractivity contribution >= 4 is 16.9 Å². The predicted octanol–water partition coefficient (Wildman–Crippen LogP) is 3.79. The lowest BCUT2D eigenvalue weighted by Gasteiger charge is -2.25. The minimum absolute atomic E-state index is 0.00208. The number of carbonyl (C=O) groups excluding carboxylic acids is 1. The van der Waals surface area contributed by atoms with E-state index < -0.39 is 6.04 Å². The summed E-state index contributed by atoms with van der Waals surface area (Å²) in [7, 11) is 1.60. The zero-order valence-corrected chi connectivity index (χ0v) is 17.8. The van der Waals surface area contributed by atoms with Crippen LogP contribution in [0.4, 0.5) is 0 Å². The molecule has 0 spiro atoms. The van der Waals surface area contributed by atoms with Crippen LogP contribution >= 0.6 is 0 Å². The number of methoxy groups -OCH3 is 1. The molecule has 1 aliphatic rings. The molecule has 2 heterocycles. The summed E-state index contributed by atoms with van der Waals surface area (Å²) in [5, 5.41) is 10.6. The number of hydrogen-bond donors (Lipinski definition) is 1. The molecule has 0 aliphatic carbocycles. The highest BCUT2D eigenvalue weighted by Gasteiger charge is 2.42. The van der Waals surface area contributed by atoms with Crippen molar-refractivity contribution in [3.05, 3.63) is 69.1 Å². The summed E-state index contributed by atoms with van der Waals surface area (Å²) in [4.78, 5) is 28.4. The maximum atomic E-state index is 13.5. The van der Waals surface area contributed by atoms with Crippen LogP contribution in [0.15, 0.2) is 45.6 Å². The predicted molar refractivity (Wildman–Crippen MR) is 116 cm³/mol. The average Bonchev–Trinajstić information content (AvgIpc) is 3.03. The molecule has 1 aliphatic heterocycles. The number of fused-ring (bicyclic) bond motifs is 2. The second kappa shape index (κ2) is 8.43. The summed E-state index contributed by atoms with van der Waals surface area (Å²) in [5.41, 5.74) is 2.08. The van der Waals surface area contributed by atoms with Crippen molar-refractivity contribution in [2.75, 3.05) is 26.9 Å². The van der Waals surface area contributed by atoms with E-state index in [1.807, 2.05) is 19.9 Å². The molecule has 1 amide bonds. The Hall–Kier alpha value is -3.32. The topological polar surface area (TPSA) is 89.2 Å². The van der Waals surface area contributed by atoms with E-state index in [1.54, 1.807) is 36.3 Å². The number of rotatable bonds is 7. The van der Waals surface area contributed by atoms with Gasteiger partial charge in [0.25, 0.3) is 5.91 Å². The van der Waals surface area contributed by atoms with Crippen molar-refractivity contribution < 1.29 is 23.8 Å². The molecule has 0 radical (unpaired) electrons. The van der Waals surface area contributed by atoms with Crippen molar-refractivity contribution in [1.29, 1.82) is 0 Å². The SMILES string of the molecule is CCOc1cc([C@H]2c3c(oc4ccc(C)cc4c3=O)C(=O)N2CCCOC)ccc1O. The van der Waals surface area contributed by atoms with E-state index in [1.165, 1.54) is 6.07 Å². The van der Waals surface area contributed by atoms with Crippen LogP contribution in [-0.4, -0.2) is 42.8 Å². The zero-order chi connectivity index (χ0) is 22.1. The van der Waals surface area contributed by atoms with Gasteiger partial charge in [0.1, 0.15) is 5.58 Å². The van der Waals surface area contributed by atoms with Gasteiger partial charge in [-0.2, -0.15) is 0 Å². The van der Waals surface area contributed by atoms with Gasteiger partial charge in [-0.05, 0) is 50.1 Å². The number of aromatic hydroxyl groups is 1. The minimum Gasteiger partial charge on any atom is -0.504 e. The number of phenols is 1. The summed E-state index contributed by atoms with van der Waals surface area (Å²) in [5.74, 6) is 0.0394. The third kappa shape index (κ3) is 3.65. The average molecular weight is 423 g/mol. The molecular weight excluding hydrogens is 398 g/mol. The molecule has 4 rings (SSSR count). The Kier molecular flexibility index (Phi) is 5.69. The monoisotopic (exact) mass is 423 g/mol. The van der Waals surface area contributed by atoms with Crippen molar-refractivity contribution in [3.8, 4) is 11.5 Å². The normalized spacial score (nSPS) is 15.5. The number of aryl methyl sites for hydroxylation is 1. The molecule has 0 bridgehead atoms. The lowest BCUT2D eigenvalue weighted by Crippen LogP contribution is -2.31. The highest BCUT2D eigenvalue weighted by atomic mass is 16.5. The summed E-state index contributed by atoms with van der Waals surface area (Å²) in [6.07, 6.45) is 0.607. The molecule has 0 saturated heterocycles. The highest BCUT2D eigenvalue weighted by molar-refractivity contribution is 5.99. The summed E-state index contributed by atoms with van der Waals surface area (Å²) >= 11 is 0. The highest BCUT2D eigenvalue weighted by Crippen LogP contribution is 2.40. The molecule has 0 unspecified atom stereocenters. The van der Waals surface area contributed by atoms with Crippen molar-refractivity contribution in [3.63, 3.8) is 0 Å². The molecular formula is C24H25NO6. The van der Waals surface area contributed by atoms with Gasteiger partial charge in [0.05, 0.1) is 23.6 Å². The molecule has 1 N–H and O–H groups in total. The van der Waals surface area contributed by atoms with Crippen LogP contribution in [0.3, 0.4) is 0 Å². The maximum absolute atomic E-state index is 13.5. The molecule has 31 heavy (non-hydrogen) atoms. The van der Waals surface area contributed by atoms with Crippen LogP contribution in [0.25, 0.3) is 11.0 Å². The Labute approximate surface area is 179 Å². The summed E-state index contributed by atoms with van der Waals surface area (Å²) < 4.78 is 16.6. The van der Waals surface area contributed by atoms with Crippen LogP contribution in [0.1, 0.15) is 46.6 Å². The minimum atomic E-state index is -0.639. The van der Waals surface area contributed by atoms with E-state index in [0.29, 0.717) is 54.0 Å². The van der Waals surface area contributed by atoms with E-state index in [4.69, 9.17) is 13.9 Å². The third-order valence-electron chi connectivity index (χ3n) is 5.47. The number of amides is 1. The van der Waals surface area contributed by atoms with Crippen molar-refractivity contribution in [2.24, 2.45) is 0 Å². The standard InChI is InChI=1S/C24H25NO6/c1-4-30-19-13-15(7-8-17(19)26)21-20-22(27)16-12-14(2)6-9-18(16)31-23(20)24(28)25(21)10-5-11-29-3/h6-9,12-13,21,26H,4-5,10-11H2,1-3H3/t21-/m0/s1. The van der Waals surface area contributed by atoms with Gasteiger partial charge in [-0.15, -0.1) is 0 Å². The number of carbonyl (C=O) groups is 1. The van der Waals surface area contributed by atoms with Crippen LogP contribution in [0.2, 0.25) is 0 Å². The first-order chi connectivity index (χ1) is 15.0. The fourth-order valence-electron chi connectivity index (χ4n) is 4.06. The largest absolute Gasteiger partial charge is 0.504 e. The van der Waals surface area contributed by atoms with Gasteiger partial charge < -0.3 is 23.9 Å². The Morgan fingerprint density at radius 3 is 2.71 bits per heavy atom. The van der Waals surface area contributed by atoms with Crippen LogP contribution in [0.5, 0.6) is 11.5 Å². The first-order valence-electron chi connectivity index (χ1n) is 10.3. The molecule has 162 valence electrons. The Bertz CT molecular complexity index is 1200. The number of benzene rings is 2.